The van der Waals surface area contributed by atoms with Crippen LogP contribution in [0.2, 0.25) is 0 Å². The Labute approximate surface area is 88.7 Å². The number of fused-ring (bicyclic) bond motifs is 1. The van der Waals surface area contributed by atoms with Gasteiger partial charge >= 0.3 is 0 Å². The van der Waals surface area contributed by atoms with Crippen LogP contribution < -0.4 is 0 Å². The topological polar surface area (TPSA) is 47.0 Å². The molecule has 0 spiro atoms. The van der Waals surface area contributed by atoms with Crippen molar-refractivity contribution in [2.24, 2.45) is 0 Å². The van der Waals surface area contributed by atoms with Crippen molar-refractivity contribution in [3.63, 3.8) is 0 Å². The molecule has 0 fully saturated rings. The maximum absolute atomic E-state index is 11.5. The summed E-state index contributed by atoms with van der Waals surface area (Å²) in [6.07, 6.45) is 2.77. The van der Waals surface area contributed by atoms with E-state index in [0.29, 0.717) is 5.39 Å². The first-order valence-electron chi connectivity index (χ1n) is 4.54. The largest absolute Gasteiger partial charge is 0.244 e. The van der Waals surface area contributed by atoms with Gasteiger partial charge in [-0.3, -0.25) is 0 Å². The Morgan fingerprint density at radius 3 is 2.33 bits per heavy atom. The van der Waals surface area contributed by atoms with Crippen LogP contribution in [0.1, 0.15) is 5.56 Å². The monoisotopic (exact) mass is 221 g/mol. The normalized spacial score (nSPS) is 11.9. The lowest BCUT2D eigenvalue weighted by Gasteiger charge is -2.05. The van der Waals surface area contributed by atoms with Crippen LogP contribution >= 0.6 is 0 Å². The number of hydrogen-bond donors (Lipinski definition) is 0. The molecule has 0 radical (unpaired) electrons. The lowest BCUT2D eigenvalue weighted by atomic mass is 10.1. The van der Waals surface area contributed by atoms with Crippen molar-refractivity contribution in [1.29, 1.82) is 0 Å². The van der Waals surface area contributed by atoms with E-state index >= 15 is 0 Å². The molecule has 0 aliphatic rings. The lowest BCUT2D eigenvalue weighted by Crippen LogP contribution is -2.02. The Hall–Kier alpha value is -1.42. The fourth-order valence-corrected chi connectivity index (χ4v) is 2.43. The van der Waals surface area contributed by atoms with Crippen LogP contribution in [0.15, 0.2) is 35.5 Å². The van der Waals surface area contributed by atoms with E-state index in [0.717, 1.165) is 10.9 Å². The van der Waals surface area contributed by atoms with Gasteiger partial charge in [0.15, 0.2) is 14.9 Å². The van der Waals surface area contributed by atoms with Crippen LogP contribution in [-0.4, -0.2) is 19.7 Å². The predicted octanol–water partition coefficient (Wildman–Crippen LogP) is 1.95. The van der Waals surface area contributed by atoms with E-state index in [1.165, 1.54) is 6.26 Å². The van der Waals surface area contributed by atoms with Crippen LogP contribution in [0.4, 0.5) is 0 Å². The molecular weight excluding hydrogens is 210 g/mol. The Balaban J connectivity index is 2.96. The average Bonchev–Trinajstić information content (AvgIpc) is 2.17. The zero-order chi connectivity index (χ0) is 11.1. The SMILES string of the molecule is Cc1cnc(S(C)(=O)=O)c2ccccc12. The van der Waals surface area contributed by atoms with Gasteiger partial charge in [-0.1, -0.05) is 24.3 Å². The van der Waals surface area contributed by atoms with E-state index in [-0.39, 0.29) is 5.03 Å². The summed E-state index contributed by atoms with van der Waals surface area (Å²) in [7, 11) is -3.26. The highest BCUT2D eigenvalue weighted by molar-refractivity contribution is 7.90. The molecule has 0 aliphatic carbocycles. The maximum Gasteiger partial charge on any atom is 0.193 e. The molecule has 1 heterocycles. The minimum Gasteiger partial charge on any atom is -0.244 e. The van der Waals surface area contributed by atoms with Crippen molar-refractivity contribution in [3.8, 4) is 0 Å². The smallest absolute Gasteiger partial charge is 0.193 e. The summed E-state index contributed by atoms with van der Waals surface area (Å²) in [6.45, 7) is 1.92. The molecular formula is C11H11NO2S. The van der Waals surface area contributed by atoms with Crippen LogP contribution in [0, 0.1) is 6.92 Å². The standard InChI is InChI=1S/C11H11NO2S/c1-8-7-12-11(15(2,13)14)10-6-4-3-5-9(8)10/h3-7H,1-2H3. The zero-order valence-electron chi connectivity index (χ0n) is 8.56. The summed E-state index contributed by atoms with van der Waals surface area (Å²) in [5.74, 6) is 0. The number of aryl methyl sites for hydroxylation is 1. The van der Waals surface area contributed by atoms with Crippen LogP contribution in [0.25, 0.3) is 10.8 Å². The fraction of sp³-hybridized carbons (Fsp3) is 0.182. The van der Waals surface area contributed by atoms with Crippen molar-refractivity contribution in [1.82, 2.24) is 4.98 Å². The molecule has 0 unspecified atom stereocenters. The van der Waals surface area contributed by atoms with E-state index in [1.807, 2.05) is 25.1 Å². The third-order valence-electron chi connectivity index (χ3n) is 2.31. The molecule has 15 heavy (non-hydrogen) atoms. The first kappa shape index (κ1) is 10.1. The minimum atomic E-state index is -3.26. The van der Waals surface area contributed by atoms with Gasteiger partial charge in [0.25, 0.3) is 0 Å². The van der Waals surface area contributed by atoms with Crippen molar-refractivity contribution in [2.75, 3.05) is 6.26 Å². The maximum atomic E-state index is 11.5. The quantitative estimate of drug-likeness (QED) is 0.739. The molecule has 0 saturated carbocycles. The molecule has 0 saturated heterocycles. The highest BCUT2D eigenvalue weighted by Crippen LogP contribution is 2.23. The number of aromatic nitrogens is 1. The van der Waals surface area contributed by atoms with Gasteiger partial charge in [-0.2, -0.15) is 0 Å². The highest BCUT2D eigenvalue weighted by atomic mass is 32.2. The second-order valence-electron chi connectivity index (χ2n) is 3.56. The van der Waals surface area contributed by atoms with E-state index in [1.54, 1.807) is 12.3 Å². The van der Waals surface area contributed by atoms with E-state index < -0.39 is 9.84 Å². The molecule has 3 nitrogen and oxygen atoms in total. The van der Waals surface area contributed by atoms with Crippen LogP contribution in [-0.2, 0) is 9.84 Å². The molecule has 0 aliphatic heterocycles. The van der Waals surface area contributed by atoms with Gasteiger partial charge in [0, 0.05) is 17.8 Å². The number of hydrogen-bond acceptors (Lipinski definition) is 3. The number of benzene rings is 1. The lowest BCUT2D eigenvalue weighted by molar-refractivity contribution is 0.599. The Bertz CT molecular complexity index is 618. The second kappa shape index (κ2) is 3.31. The number of rotatable bonds is 1. The molecule has 0 amide bonds. The summed E-state index contributed by atoms with van der Waals surface area (Å²) in [5.41, 5.74) is 0.984. The minimum absolute atomic E-state index is 0.156. The molecule has 2 aromatic rings. The number of nitrogens with zero attached hydrogens (tertiary/aromatic N) is 1. The van der Waals surface area contributed by atoms with Crippen molar-refractivity contribution in [3.05, 3.63) is 36.0 Å². The van der Waals surface area contributed by atoms with Crippen molar-refractivity contribution < 1.29 is 8.42 Å². The van der Waals surface area contributed by atoms with Gasteiger partial charge in [-0.05, 0) is 17.9 Å². The molecule has 1 aromatic carbocycles. The summed E-state index contributed by atoms with van der Waals surface area (Å²) in [5, 5.41) is 1.79. The van der Waals surface area contributed by atoms with Crippen LogP contribution in [0.5, 0.6) is 0 Å². The van der Waals surface area contributed by atoms with Crippen molar-refractivity contribution >= 4 is 20.6 Å². The van der Waals surface area contributed by atoms with Gasteiger partial charge in [-0.15, -0.1) is 0 Å². The number of sulfone groups is 1. The van der Waals surface area contributed by atoms with Gasteiger partial charge in [0.1, 0.15) is 0 Å². The van der Waals surface area contributed by atoms with Crippen molar-refractivity contribution in [2.45, 2.75) is 11.9 Å². The third kappa shape index (κ3) is 1.72. The number of pyridine rings is 1. The molecule has 0 N–H and O–H groups in total. The average molecular weight is 221 g/mol. The predicted molar refractivity (Wildman–Crippen MR) is 59.6 cm³/mol. The second-order valence-corrected chi connectivity index (χ2v) is 5.50. The molecule has 0 bridgehead atoms. The summed E-state index contributed by atoms with van der Waals surface area (Å²) in [4.78, 5) is 3.99. The summed E-state index contributed by atoms with van der Waals surface area (Å²) in [6, 6.07) is 7.40. The van der Waals surface area contributed by atoms with E-state index in [9.17, 15) is 8.42 Å². The molecule has 78 valence electrons. The van der Waals surface area contributed by atoms with Crippen LogP contribution in [0.3, 0.4) is 0 Å². The van der Waals surface area contributed by atoms with E-state index in [4.69, 9.17) is 0 Å². The van der Waals surface area contributed by atoms with Gasteiger partial charge < -0.3 is 0 Å². The molecule has 2 rings (SSSR count). The Morgan fingerprint density at radius 2 is 1.73 bits per heavy atom. The molecule has 0 atom stereocenters. The summed E-state index contributed by atoms with van der Waals surface area (Å²) >= 11 is 0. The Morgan fingerprint density at radius 1 is 1.13 bits per heavy atom. The first-order chi connectivity index (χ1) is 7.00. The molecule has 4 heteroatoms. The van der Waals surface area contributed by atoms with E-state index in [2.05, 4.69) is 4.98 Å². The van der Waals surface area contributed by atoms with Gasteiger partial charge in [-0.25, -0.2) is 13.4 Å². The summed E-state index contributed by atoms with van der Waals surface area (Å²) < 4.78 is 23.0. The highest BCUT2D eigenvalue weighted by Gasteiger charge is 2.13. The first-order valence-corrected chi connectivity index (χ1v) is 6.43. The van der Waals surface area contributed by atoms with Gasteiger partial charge in [0.05, 0.1) is 0 Å². The third-order valence-corrected chi connectivity index (χ3v) is 3.34. The van der Waals surface area contributed by atoms with Gasteiger partial charge in [0.2, 0.25) is 0 Å². The fourth-order valence-electron chi connectivity index (χ4n) is 1.60. The zero-order valence-corrected chi connectivity index (χ0v) is 9.38. The molecule has 1 aromatic heterocycles. The Kier molecular flexibility index (Phi) is 2.23.